The summed E-state index contributed by atoms with van der Waals surface area (Å²) >= 11 is 0. The lowest BCUT2D eigenvalue weighted by molar-refractivity contribution is 0.0931. The summed E-state index contributed by atoms with van der Waals surface area (Å²) in [5.74, 6) is 1.61. The highest BCUT2D eigenvalue weighted by atomic mass is 16.7. The Bertz CT molecular complexity index is 885. The minimum absolute atomic E-state index is 0.301. The zero-order valence-corrected chi connectivity index (χ0v) is 18.7. The van der Waals surface area contributed by atoms with Gasteiger partial charge < -0.3 is 18.9 Å². The third-order valence-corrected chi connectivity index (χ3v) is 4.60. The molecular formula is C24H32O6. The maximum atomic E-state index is 12.1. The molecule has 0 radical (unpaired) electrons. The van der Waals surface area contributed by atoms with Crippen LogP contribution in [0.4, 0.5) is 9.59 Å². The van der Waals surface area contributed by atoms with E-state index in [1.54, 1.807) is 13.0 Å². The van der Waals surface area contributed by atoms with Crippen LogP contribution in [0.1, 0.15) is 51.7 Å². The van der Waals surface area contributed by atoms with Gasteiger partial charge in [0.25, 0.3) is 0 Å². The SMILES string of the molecule is Cc1ccc2c(OC(=O)OCCC(C)C)c(C)cc(OC(=O)OCCC(C)C)c2c1. The van der Waals surface area contributed by atoms with Crippen LogP contribution in [0, 0.1) is 25.7 Å². The van der Waals surface area contributed by atoms with Gasteiger partial charge in [-0.15, -0.1) is 0 Å². The zero-order valence-electron chi connectivity index (χ0n) is 18.7. The molecule has 0 atom stereocenters. The van der Waals surface area contributed by atoms with Crippen molar-refractivity contribution < 1.29 is 28.5 Å². The maximum Gasteiger partial charge on any atom is 0.513 e. The second-order valence-corrected chi connectivity index (χ2v) is 8.34. The lowest BCUT2D eigenvalue weighted by atomic mass is 10.0. The molecule has 0 N–H and O–H groups in total. The van der Waals surface area contributed by atoms with Gasteiger partial charge in [-0.1, -0.05) is 45.4 Å². The highest BCUT2D eigenvalue weighted by molar-refractivity contribution is 5.97. The Labute approximate surface area is 178 Å². The molecule has 0 amide bonds. The topological polar surface area (TPSA) is 71.1 Å². The van der Waals surface area contributed by atoms with Crippen molar-refractivity contribution in [1.29, 1.82) is 0 Å². The van der Waals surface area contributed by atoms with Crippen LogP contribution >= 0.6 is 0 Å². The summed E-state index contributed by atoms with van der Waals surface area (Å²) in [5.41, 5.74) is 1.63. The van der Waals surface area contributed by atoms with Gasteiger partial charge in [0, 0.05) is 10.8 Å². The molecule has 0 saturated heterocycles. The number of carbonyl (C=O) groups excluding carboxylic acids is 2. The van der Waals surface area contributed by atoms with E-state index in [4.69, 9.17) is 18.9 Å². The molecule has 0 aliphatic rings. The fourth-order valence-corrected chi connectivity index (χ4v) is 2.82. The first kappa shape index (κ1) is 23.5. The Morgan fingerprint density at radius 1 is 0.800 bits per heavy atom. The van der Waals surface area contributed by atoms with Gasteiger partial charge in [-0.25, -0.2) is 9.59 Å². The lowest BCUT2D eigenvalue weighted by Crippen LogP contribution is -2.14. The van der Waals surface area contributed by atoms with E-state index in [9.17, 15) is 9.59 Å². The van der Waals surface area contributed by atoms with Gasteiger partial charge in [0.2, 0.25) is 0 Å². The number of fused-ring (bicyclic) bond motifs is 1. The number of hydrogen-bond donors (Lipinski definition) is 0. The average Bonchev–Trinajstić information content (AvgIpc) is 2.64. The van der Waals surface area contributed by atoms with Gasteiger partial charge >= 0.3 is 12.3 Å². The molecule has 6 nitrogen and oxygen atoms in total. The molecule has 0 aliphatic carbocycles. The predicted octanol–water partition coefficient (Wildman–Crippen LogP) is 6.58. The summed E-state index contributed by atoms with van der Waals surface area (Å²) in [6.07, 6.45) is 0.0290. The van der Waals surface area contributed by atoms with Crippen molar-refractivity contribution in [3.63, 3.8) is 0 Å². The molecular weight excluding hydrogens is 384 g/mol. The fourth-order valence-electron chi connectivity index (χ4n) is 2.82. The highest BCUT2D eigenvalue weighted by Gasteiger charge is 2.18. The van der Waals surface area contributed by atoms with Crippen LogP contribution in [-0.4, -0.2) is 25.5 Å². The van der Waals surface area contributed by atoms with Gasteiger partial charge in [-0.2, -0.15) is 0 Å². The molecule has 0 saturated carbocycles. The summed E-state index contributed by atoms with van der Waals surface area (Å²) in [7, 11) is 0. The van der Waals surface area contributed by atoms with Gasteiger partial charge in [0.15, 0.2) is 0 Å². The van der Waals surface area contributed by atoms with E-state index in [0.29, 0.717) is 52.9 Å². The van der Waals surface area contributed by atoms with Crippen molar-refractivity contribution in [2.45, 2.75) is 54.4 Å². The normalized spacial score (nSPS) is 11.1. The third-order valence-electron chi connectivity index (χ3n) is 4.60. The summed E-state index contributed by atoms with van der Waals surface area (Å²) in [6.45, 7) is 12.5. The number of benzene rings is 2. The van der Waals surface area contributed by atoms with E-state index >= 15 is 0 Å². The Balaban J connectivity index is 2.23. The summed E-state index contributed by atoms with van der Waals surface area (Å²) in [6, 6.07) is 7.29. The van der Waals surface area contributed by atoms with Crippen molar-refractivity contribution >= 4 is 23.1 Å². The minimum Gasteiger partial charge on any atom is -0.434 e. The largest absolute Gasteiger partial charge is 0.513 e. The summed E-state index contributed by atoms with van der Waals surface area (Å²) < 4.78 is 21.3. The third kappa shape index (κ3) is 6.94. The minimum atomic E-state index is -0.750. The van der Waals surface area contributed by atoms with E-state index in [1.807, 2.05) is 25.1 Å². The standard InChI is InChI=1S/C24H32O6/c1-15(2)9-11-27-23(25)29-21-14-18(6)22(19-8-7-17(5)13-20(19)21)30-24(26)28-12-10-16(3)4/h7-8,13-16H,9-12H2,1-6H3. The Morgan fingerprint density at radius 2 is 1.37 bits per heavy atom. The number of rotatable bonds is 8. The van der Waals surface area contributed by atoms with Crippen molar-refractivity contribution in [1.82, 2.24) is 0 Å². The van der Waals surface area contributed by atoms with E-state index in [1.165, 1.54) is 0 Å². The molecule has 30 heavy (non-hydrogen) atoms. The first-order chi connectivity index (χ1) is 14.2. The Kier molecular flexibility index (Phi) is 8.51. The van der Waals surface area contributed by atoms with Crippen LogP contribution in [0.15, 0.2) is 24.3 Å². The van der Waals surface area contributed by atoms with Crippen molar-refractivity contribution in [3.05, 3.63) is 35.4 Å². The molecule has 0 aliphatic heterocycles. The average molecular weight is 417 g/mol. The second-order valence-electron chi connectivity index (χ2n) is 8.34. The molecule has 164 valence electrons. The van der Waals surface area contributed by atoms with Gasteiger partial charge in [0.05, 0.1) is 13.2 Å². The molecule has 0 unspecified atom stereocenters. The van der Waals surface area contributed by atoms with Gasteiger partial charge in [-0.3, -0.25) is 0 Å². The maximum absolute atomic E-state index is 12.1. The molecule has 0 spiro atoms. The van der Waals surface area contributed by atoms with E-state index in [-0.39, 0.29) is 0 Å². The second kappa shape index (κ2) is 10.9. The van der Waals surface area contributed by atoms with Crippen LogP contribution in [0.25, 0.3) is 10.8 Å². The van der Waals surface area contributed by atoms with E-state index in [2.05, 4.69) is 27.7 Å². The van der Waals surface area contributed by atoms with Crippen molar-refractivity contribution in [3.8, 4) is 11.5 Å². The monoisotopic (exact) mass is 416 g/mol. The first-order valence-electron chi connectivity index (χ1n) is 10.4. The van der Waals surface area contributed by atoms with Crippen LogP contribution in [0.2, 0.25) is 0 Å². The van der Waals surface area contributed by atoms with Gasteiger partial charge in [-0.05, 0) is 56.2 Å². The number of ether oxygens (including phenoxy) is 4. The molecule has 2 aromatic carbocycles. The van der Waals surface area contributed by atoms with Crippen molar-refractivity contribution in [2.75, 3.05) is 13.2 Å². The quantitative estimate of drug-likeness (QED) is 0.357. The van der Waals surface area contributed by atoms with Crippen molar-refractivity contribution in [2.24, 2.45) is 11.8 Å². The van der Waals surface area contributed by atoms with Crippen LogP contribution in [-0.2, 0) is 9.47 Å². The zero-order chi connectivity index (χ0) is 22.3. The Hall–Kier alpha value is -2.76. The summed E-state index contributed by atoms with van der Waals surface area (Å²) in [5, 5.41) is 1.32. The molecule has 0 bridgehead atoms. The number of hydrogen-bond acceptors (Lipinski definition) is 6. The smallest absolute Gasteiger partial charge is 0.434 e. The summed E-state index contributed by atoms with van der Waals surface area (Å²) in [4.78, 5) is 24.3. The van der Waals surface area contributed by atoms with Crippen LogP contribution < -0.4 is 9.47 Å². The molecule has 0 aromatic heterocycles. The first-order valence-corrected chi connectivity index (χ1v) is 10.4. The highest BCUT2D eigenvalue weighted by Crippen LogP contribution is 2.37. The molecule has 0 heterocycles. The molecule has 0 fully saturated rings. The van der Waals surface area contributed by atoms with Gasteiger partial charge in [0.1, 0.15) is 11.5 Å². The van der Waals surface area contributed by atoms with Crippen LogP contribution in [0.5, 0.6) is 11.5 Å². The molecule has 6 heteroatoms. The number of aryl methyl sites for hydroxylation is 2. The molecule has 2 aromatic rings. The van der Waals surface area contributed by atoms with E-state index in [0.717, 1.165) is 18.4 Å². The van der Waals surface area contributed by atoms with Crippen LogP contribution in [0.3, 0.4) is 0 Å². The fraction of sp³-hybridized carbons (Fsp3) is 0.500. The van der Waals surface area contributed by atoms with E-state index < -0.39 is 12.3 Å². The molecule has 2 rings (SSSR count). The Morgan fingerprint density at radius 3 is 1.93 bits per heavy atom. The lowest BCUT2D eigenvalue weighted by Gasteiger charge is -2.15. The number of carbonyl (C=O) groups is 2. The predicted molar refractivity (Wildman–Crippen MR) is 116 cm³/mol.